The molecule has 0 saturated carbocycles. The van der Waals surface area contributed by atoms with Gasteiger partial charge < -0.3 is 5.11 Å². The summed E-state index contributed by atoms with van der Waals surface area (Å²) in [6, 6.07) is 7.86. The standard InChI is InChI=1S/C11H8N4O2S/c16-10(17)6-15-11(12-13-14-15)8-2-1-7-3-4-18-9(7)5-8/h1-5H,6H2,(H,16,17). The highest BCUT2D eigenvalue weighted by atomic mass is 32.1. The van der Waals surface area contributed by atoms with Crippen LogP contribution >= 0.6 is 11.3 Å². The molecule has 0 fully saturated rings. The third-order valence-electron chi connectivity index (χ3n) is 2.53. The fraction of sp³-hybridized carbons (Fsp3) is 0.0909. The molecule has 0 aliphatic rings. The molecule has 0 aliphatic heterocycles. The summed E-state index contributed by atoms with van der Waals surface area (Å²) in [5, 5.41) is 23.0. The number of rotatable bonds is 3. The van der Waals surface area contributed by atoms with Gasteiger partial charge in [0.15, 0.2) is 5.82 Å². The number of carbonyl (C=O) groups is 1. The number of aliphatic carboxylic acids is 1. The van der Waals surface area contributed by atoms with Crippen LogP contribution in [0.25, 0.3) is 21.5 Å². The van der Waals surface area contributed by atoms with Crippen LogP contribution in [0.5, 0.6) is 0 Å². The second-order valence-corrected chi connectivity index (χ2v) is 4.67. The zero-order valence-electron chi connectivity index (χ0n) is 9.15. The normalized spacial score (nSPS) is 10.9. The van der Waals surface area contributed by atoms with Crippen molar-refractivity contribution in [3.8, 4) is 11.4 Å². The molecule has 6 nitrogen and oxygen atoms in total. The number of aromatic nitrogens is 4. The molecule has 3 aromatic rings. The number of hydrogen-bond acceptors (Lipinski definition) is 5. The van der Waals surface area contributed by atoms with Gasteiger partial charge >= 0.3 is 5.97 Å². The maximum atomic E-state index is 10.7. The van der Waals surface area contributed by atoms with E-state index in [0.29, 0.717) is 5.82 Å². The molecule has 0 aliphatic carbocycles. The molecule has 2 aromatic heterocycles. The Morgan fingerprint density at radius 2 is 2.28 bits per heavy atom. The molecule has 1 aromatic carbocycles. The summed E-state index contributed by atoms with van der Waals surface area (Å²) in [4.78, 5) is 10.7. The Morgan fingerprint density at radius 1 is 1.39 bits per heavy atom. The van der Waals surface area contributed by atoms with Gasteiger partial charge in [-0.1, -0.05) is 12.1 Å². The second-order valence-electron chi connectivity index (χ2n) is 3.73. The van der Waals surface area contributed by atoms with Crippen LogP contribution in [0.2, 0.25) is 0 Å². The predicted octanol–water partition coefficient (Wildman–Crippen LogP) is 1.64. The van der Waals surface area contributed by atoms with Crippen molar-refractivity contribution in [2.24, 2.45) is 0 Å². The zero-order chi connectivity index (χ0) is 12.5. The lowest BCUT2D eigenvalue weighted by atomic mass is 10.1. The predicted molar refractivity (Wildman–Crippen MR) is 66.3 cm³/mol. The topological polar surface area (TPSA) is 80.9 Å². The molecule has 3 rings (SSSR count). The Morgan fingerprint density at radius 3 is 3.11 bits per heavy atom. The molecule has 1 N–H and O–H groups in total. The van der Waals surface area contributed by atoms with Gasteiger partial charge in [0.05, 0.1) is 0 Å². The van der Waals surface area contributed by atoms with Crippen molar-refractivity contribution in [1.29, 1.82) is 0 Å². The van der Waals surface area contributed by atoms with Crippen LogP contribution < -0.4 is 0 Å². The van der Waals surface area contributed by atoms with E-state index in [1.54, 1.807) is 11.3 Å². The van der Waals surface area contributed by atoms with E-state index in [4.69, 9.17) is 5.11 Å². The van der Waals surface area contributed by atoms with Crippen molar-refractivity contribution in [3.05, 3.63) is 29.6 Å². The highest BCUT2D eigenvalue weighted by Crippen LogP contribution is 2.26. The van der Waals surface area contributed by atoms with Crippen LogP contribution in [0.4, 0.5) is 0 Å². The zero-order valence-corrected chi connectivity index (χ0v) is 9.96. The van der Waals surface area contributed by atoms with Crippen molar-refractivity contribution >= 4 is 27.4 Å². The van der Waals surface area contributed by atoms with Crippen LogP contribution in [0.3, 0.4) is 0 Å². The Balaban J connectivity index is 2.08. The van der Waals surface area contributed by atoms with Crippen LogP contribution in [-0.2, 0) is 11.3 Å². The van der Waals surface area contributed by atoms with Crippen LogP contribution in [0, 0.1) is 0 Å². The summed E-state index contributed by atoms with van der Waals surface area (Å²) >= 11 is 1.62. The van der Waals surface area contributed by atoms with Gasteiger partial charge in [-0.05, 0) is 33.3 Å². The minimum Gasteiger partial charge on any atom is -0.480 e. The van der Waals surface area contributed by atoms with E-state index in [2.05, 4.69) is 15.5 Å². The average molecular weight is 260 g/mol. The van der Waals surface area contributed by atoms with E-state index >= 15 is 0 Å². The molecule has 90 valence electrons. The molecule has 0 amide bonds. The number of carboxylic acids is 1. The van der Waals surface area contributed by atoms with Gasteiger partial charge in [0.2, 0.25) is 0 Å². The van der Waals surface area contributed by atoms with Gasteiger partial charge in [-0.3, -0.25) is 4.79 Å². The fourth-order valence-electron chi connectivity index (χ4n) is 1.74. The summed E-state index contributed by atoms with van der Waals surface area (Å²) in [6.45, 7) is -0.245. The van der Waals surface area contributed by atoms with Crippen molar-refractivity contribution in [2.75, 3.05) is 0 Å². The van der Waals surface area contributed by atoms with Crippen molar-refractivity contribution in [3.63, 3.8) is 0 Å². The molecule has 2 heterocycles. The molecule has 18 heavy (non-hydrogen) atoms. The number of fused-ring (bicyclic) bond motifs is 1. The van der Waals surface area contributed by atoms with E-state index < -0.39 is 5.97 Å². The van der Waals surface area contributed by atoms with Crippen molar-refractivity contribution in [2.45, 2.75) is 6.54 Å². The lowest BCUT2D eigenvalue weighted by Gasteiger charge is -2.01. The molecule has 0 spiro atoms. The number of hydrogen-bond donors (Lipinski definition) is 1. The number of thiophene rings is 1. The molecular weight excluding hydrogens is 252 g/mol. The number of nitrogens with zero attached hydrogens (tertiary/aromatic N) is 4. The third-order valence-corrected chi connectivity index (χ3v) is 3.41. The third kappa shape index (κ3) is 1.84. The van der Waals surface area contributed by atoms with Crippen molar-refractivity contribution in [1.82, 2.24) is 20.2 Å². The van der Waals surface area contributed by atoms with Gasteiger partial charge in [-0.2, -0.15) is 0 Å². The molecule has 0 saturated heterocycles. The molecule has 0 atom stereocenters. The molecule has 0 radical (unpaired) electrons. The number of benzene rings is 1. The Labute approximate surface area is 105 Å². The highest BCUT2D eigenvalue weighted by molar-refractivity contribution is 7.17. The van der Waals surface area contributed by atoms with E-state index in [9.17, 15) is 4.79 Å². The molecule has 0 unspecified atom stereocenters. The van der Waals surface area contributed by atoms with Crippen LogP contribution in [-0.4, -0.2) is 31.3 Å². The second kappa shape index (κ2) is 4.19. The van der Waals surface area contributed by atoms with Gasteiger partial charge in [-0.15, -0.1) is 16.4 Å². The summed E-state index contributed by atoms with van der Waals surface area (Å²) < 4.78 is 2.40. The highest BCUT2D eigenvalue weighted by Gasteiger charge is 2.12. The molecule has 0 bridgehead atoms. The first-order chi connectivity index (χ1) is 8.74. The van der Waals surface area contributed by atoms with Crippen LogP contribution in [0.15, 0.2) is 29.6 Å². The summed E-state index contributed by atoms with van der Waals surface area (Å²) in [5.41, 5.74) is 0.816. The largest absolute Gasteiger partial charge is 0.480 e. The SMILES string of the molecule is O=C(O)Cn1nnnc1-c1ccc2ccsc2c1. The van der Waals surface area contributed by atoms with Crippen LogP contribution in [0.1, 0.15) is 0 Å². The smallest absolute Gasteiger partial charge is 0.325 e. The first kappa shape index (κ1) is 10.8. The summed E-state index contributed by atoms with van der Waals surface area (Å²) in [5.74, 6) is -0.506. The minimum atomic E-state index is -0.972. The molecular formula is C11H8N4O2S. The lowest BCUT2D eigenvalue weighted by Crippen LogP contribution is -2.11. The van der Waals surface area contributed by atoms with Gasteiger partial charge in [-0.25, -0.2) is 4.68 Å². The fourth-order valence-corrected chi connectivity index (χ4v) is 2.57. The Kier molecular flexibility index (Phi) is 2.52. The van der Waals surface area contributed by atoms with Crippen molar-refractivity contribution < 1.29 is 9.90 Å². The van der Waals surface area contributed by atoms with E-state index in [1.807, 2.05) is 29.6 Å². The van der Waals surface area contributed by atoms with E-state index in [0.717, 1.165) is 15.6 Å². The quantitative estimate of drug-likeness (QED) is 0.774. The summed E-state index contributed by atoms with van der Waals surface area (Å²) in [7, 11) is 0. The maximum Gasteiger partial charge on any atom is 0.325 e. The average Bonchev–Trinajstić information content (AvgIpc) is 2.95. The Hall–Kier alpha value is -2.28. The first-order valence-corrected chi connectivity index (χ1v) is 6.07. The van der Waals surface area contributed by atoms with E-state index in [-0.39, 0.29) is 6.54 Å². The van der Waals surface area contributed by atoms with Gasteiger partial charge in [0.25, 0.3) is 0 Å². The summed E-state index contributed by atoms with van der Waals surface area (Å²) in [6.07, 6.45) is 0. The minimum absolute atomic E-state index is 0.245. The number of carboxylic acid groups (broad SMARTS) is 1. The lowest BCUT2D eigenvalue weighted by molar-refractivity contribution is -0.137. The number of tetrazole rings is 1. The van der Waals surface area contributed by atoms with Gasteiger partial charge in [0, 0.05) is 10.3 Å². The maximum absolute atomic E-state index is 10.7. The monoisotopic (exact) mass is 260 g/mol. The van der Waals surface area contributed by atoms with E-state index in [1.165, 1.54) is 4.68 Å². The molecule has 7 heteroatoms. The first-order valence-electron chi connectivity index (χ1n) is 5.19. The Bertz CT molecular complexity index is 718. The van der Waals surface area contributed by atoms with Gasteiger partial charge in [0.1, 0.15) is 6.54 Å².